The van der Waals surface area contributed by atoms with E-state index in [1.807, 2.05) is 74.0 Å². The highest BCUT2D eigenvalue weighted by Gasteiger charge is 2.17. The van der Waals surface area contributed by atoms with Gasteiger partial charge in [-0.15, -0.1) is 0 Å². The Labute approximate surface area is 222 Å². The number of carbonyl (C=O) groups is 1. The maximum atomic E-state index is 12.9. The van der Waals surface area contributed by atoms with Gasteiger partial charge in [-0.1, -0.05) is 41.9 Å². The van der Waals surface area contributed by atoms with Gasteiger partial charge < -0.3 is 25.3 Å². The Balaban J connectivity index is 1.46. The van der Waals surface area contributed by atoms with Crippen molar-refractivity contribution in [2.75, 3.05) is 6.61 Å². The summed E-state index contributed by atoms with van der Waals surface area (Å²) in [7, 11) is 0. The first-order valence-electron chi connectivity index (χ1n) is 12.5. The average Bonchev–Trinajstić information content (AvgIpc) is 3.30. The van der Waals surface area contributed by atoms with Crippen LogP contribution in [0.1, 0.15) is 54.7 Å². The van der Waals surface area contributed by atoms with Gasteiger partial charge in [-0.2, -0.15) is 0 Å². The molecule has 4 rings (SSSR count). The van der Waals surface area contributed by atoms with Crippen LogP contribution in [0.5, 0.6) is 5.75 Å². The fourth-order valence-electron chi connectivity index (χ4n) is 4.27. The zero-order chi connectivity index (χ0) is 26.5. The second-order valence-electron chi connectivity index (χ2n) is 9.50. The number of aliphatic hydroxyl groups excluding tert-OH is 1. The maximum absolute atomic E-state index is 12.9. The Morgan fingerprint density at radius 2 is 1.92 bits per heavy atom. The summed E-state index contributed by atoms with van der Waals surface area (Å²) in [4.78, 5) is 17.7. The zero-order valence-electron chi connectivity index (χ0n) is 21.3. The normalized spacial score (nSPS) is 13.1. The molecular weight excluding hydrogens is 488 g/mol. The summed E-state index contributed by atoms with van der Waals surface area (Å²) in [5, 5.41) is 13.0. The van der Waals surface area contributed by atoms with Crippen LogP contribution < -0.4 is 15.8 Å². The highest BCUT2D eigenvalue weighted by atomic mass is 35.5. The van der Waals surface area contributed by atoms with Gasteiger partial charge in [0.05, 0.1) is 16.8 Å². The van der Waals surface area contributed by atoms with Crippen molar-refractivity contribution < 1.29 is 14.6 Å². The van der Waals surface area contributed by atoms with Crippen molar-refractivity contribution in [1.82, 2.24) is 14.7 Å². The number of hydrogen-bond donors (Lipinski definition) is 3. The smallest absolute Gasteiger partial charge is 0.251 e. The van der Waals surface area contributed by atoms with E-state index in [9.17, 15) is 9.90 Å². The minimum atomic E-state index is -0.247. The molecule has 7 nitrogen and oxygen atoms in total. The average molecular weight is 521 g/mol. The van der Waals surface area contributed by atoms with Crippen molar-refractivity contribution in [2.24, 2.45) is 5.73 Å². The number of aliphatic hydroxyl groups is 1. The van der Waals surface area contributed by atoms with Crippen molar-refractivity contribution in [1.29, 1.82) is 0 Å². The molecule has 8 heteroatoms. The number of imidazole rings is 1. The minimum Gasteiger partial charge on any atom is -0.489 e. The summed E-state index contributed by atoms with van der Waals surface area (Å²) in [6.45, 7) is 5.75. The predicted molar refractivity (Wildman–Crippen MR) is 147 cm³/mol. The Kier molecular flexibility index (Phi) is 8.48. The Morgan fingerprint density at radius 3 is 2.57 bits per heavy atom. The molecule has 0 aliphatic rings. The lowest BCUT2D eigenvalue weighted by atomic mass is 10.0. The van der Waals surface area contributed by atoms with Crippen LogP contribution in [0.3, 0.4) is 0 Å². The Hall–Kier alpha value is -3.39. The van der Waals surface area contributed by atoms with Crippen molar-refractivity contribution in [3.8, 4) is 17.0 Å². The standard InChI is InChI=1S/C29H33ClN4O3/c1-18(2)37-27-11-10-22(16-25(27)30)29(36)32-23(12-14-35)15-20-6-8-21(9-7-20)26-17-34-13-4-5-24(19(3)31)28(34)33-26/h4-11,13,16-19,23,35H,12,14-15,31H2,1-3H3,(H,32,36)/t19-,23+/m0/s1. The van der Waals surface area contributed by atoms with Crippen LogP contribution in [0.2, 0.25) is 5.02 Å². The fourth-order valence-corrected chi connectivity index (χ4v) is 4.49. The molecule has 0 radical (unpaired) electrons. The molecule has 1 amide bonds. The van der Waals surface area contributed by atoms with E-state index in [0.29, 0.717) is 29.2 Å². The molecule has 194 valence electrons. The number of nitrogens with zero attached hydrogens (tertiary/aromatic N) is 2. The third kappa shape index (κ3) is 6.49. The lowest BCUT2D eigenvalue weighted by molar-refractivity contribution is 0.0930. The number of fused-ring (bicyclic) bond motifs is 1. The molecule has 0 aliphatic carbocycles. The van der Waals surface area contributed by atoms with Gasteiger partial charge in [0.1, 0.15) is 11.4 Å². The van der Waals surface area contributed by atoms with E-state index < -0.39 is 0 Å². The van der Waals surface area contributed by atoms with Gasteiger partial charge in [0.15, 0.2) is 0 Å². The number of nitrogens with two attached hydrogens (primary N) is 1. The fraction of sp³-hybridized carbons (Fsp3) is 0.310. The van der Waals surface area contributed by atoms with Gasteiger partial charge in [0, 0.05) is 47.8 Å². The van der Waals surface area contributed by atoms with Crippen LogP contribution in [-0.4, -0.2) is 39.2 Å². The maximum Gasteiger partial charge on any atom is 0.251 e. The van der Waals surface area contributed by atoms with Gasteiger partial charge in [-0.3, -0.25) is 4.79 Å². The van der Waals surface area contributed by atoms with E-state index in [1.54, 1.807) is 18.2 Å². The monoisotopic (exact) mass is 520 g/mol. The molecule has 0 spiro atoms. The quantitative estimate of drug-likeness (QED) is 0.267. The first-order chi connectivity index (χ1) is 17.7. The molecule has 0 saturated carbocycles. The van der Waals surface area contributed by atoms with E-state index in [2.05, 4.69) is 5.32 Å². The van der Waals surface area contributed by atoms with E-state index in [0.717, 1.165) is 28.0 Å². The summed E-state index contributed by atoms with van der Waals surface area (Å²) in [6.07, 6.45) is 4.95. The SMILES string of the molecule is CC(C)Oc1ccc(C(=O)N[C@H](CCO)Cc2ccc(-c3cn4cccc([C@H](C)N)c4n3)cc2)cc1Cl. The number of carbonyl (C=O) groups excluding carboxylic acids is 1. The largest absolute Gasteiger partial charge is 0.489 e. The predicted octanol–water partition coefficient (Wildman–Crippen LogP) is 5.19. The molecule has 0 bridgehead atoms. The van der Waals surface area contributed by atoms with Gasteiger partial charge in [-0.25, -0.2) is 4.98 Å². The number of ether oxygens (including phenoxy) is 1. The number of hydrogen-bond acceptors (Lipinski definition) is 5. The van der Waals surface area contributed by atoms with E-state index in [4.69, 9.17) is 27.1 Å². The molecule has 0 aliphatic heterocycles. The number of amides is 1. The van der Waals surface area contributed by atoms with Gasteiger partial charge in [0.25, 0.3) is 5.91 Å². The Morgan fingerprint density at radius 1 is 1.16 bits per heavy atom. The van der Waals surface area contributed by atoms with Gasteiger partial charge in [0.2, 0.25) is 0 Å². The number of pyridine rings is 1. The zero-order valence-corrected chi connectivity index (χ0v) is 22.1. The van der Waals surface area contributed by atoms with Gasteiger partial charge >= 0.3 is 0 Å². The van der Waals surface area contributed by atoms with E-state index >= 15 is 0 Å². The van der Waals surface area contributed by atoms with Crippen LogP contribution in [-0.2, 0) is 6.42 Å². The van der Waals surface area contributed by atoms with Crippen molar-refractivity contribution in [3.05, 3.63) is 88.7 Å². The van der Waals surface area contributed by atoms with Crippen LogP contribution in [0.25, 0.3) is 16.9 Å². The summed E-state index contributed by atoms with van der Waals surface area (Å²) in [5.41, 5.74) is 11.3. The lowest BCUT2D eigenvalue weighted by Crippen LogP contribution is -2.37. The summed E-state index contributed by atoms with van der Waals surface area (Å²) in [6, 6.07) is 16.7. The Bertz CT molecular complexity index is 1370. The lowest BCUT2D eigenvalue weighted by Gasteiger charge is -2.19. The third-order valence-electron chi connectivity index (χ3n) is 6.10. The van der Waals surface area contributed by atoms with Crippen molar-refractivity contribution in [2.45, 2.75) is 51.8 Å². The molecular formula is C29H33ClN4O3. The van der Waals surface area contributed by atoms with Crippen molar-refractivity contribution in [3.63, 3.8) is 0 Å². The third-order valence-corrected chi connectivity index (χ3v) is 6.40. The van der Waals surface area contributed by atoms with E-state index in [-0.39, 0.29) is 30.7 Å². The summed E-state index contributed by atoms with van der Waals surface area (Å²) < 4.78 is 7.63. The molecule has 0 unspecified atom stereocenters. The van der Waals surface area contributed by atoms with Crippen LogP contribution in [0.15, 0.2) is 67.0 Å². The second kappa shape index (κ2) is 11.8. The van der Waals surface area contributed by atoms with E-state index in [1.165, 1.54) is 0 Å². The summed E-state index contributed by atoms with van der Waals surface area (Å²) >= 11 is 6.30. The number of rotatable bonds is 10. The molecule has 4 N–H and O–H groups in total. The number of benzene rings is 2. The first-order valence-corrected chi connectivity index (χ1v) is 12.8. The minimum absolute atomic E-state index is 0.0164. The molecule has 2 atom stereocenters. The number of halogens is 1. The number of nitrogens with one attached hydrogen (secondary N) is 1. The molecule has 0 fully saturated rings. The van der Waals surface area contributed by atoms with Crippen LogP contribution in [0.4, 0.5) is 0 Å². The summed E-state index contributed by atoms with van der Waals surface area (Å²) in [5.74, 6) is 0.294. The molecule has 0 saturated heterocycles. The highest BCUT2D eigenvalue weighted by molar-refractivity contribution is 6.32. The highest BCUT2D eigenvalue weighted by Crippen LogP contribution is 2.27. The van der Waals surface area contributed by atoms with Crippen LogP contribution in [0, 0.1) is 0 Å². The molecule has 37 heavy (non-hydrogen) atoms. The van der Waals surface area contributed by atoms with Crippen molar-refractivity contribution >= 4 is 23.2 Å². The molecule has 2 aromatic heterocycles. The van der Waals surface area contributed by atoms with Crippen LogP contribution >= 0.6 is 11.6 Å². The molecule has 4 aromatic rings. The molecule has 2 aromatic carbocycles. The topological polar surface area (TPSA) is 102 Å². The number of aromatic nitrogens is 2. The van der Waals surface area contributed by atoms with Gasteiger partial charge in [-0.05, 0) is 63.4 Å². The second-order valence-corrected chi connectivity index (χ2v) is 9.91. The molecule has 2 heterocycles. The first kappa shape index (κ1) is 26.7.